The Labute approximate surface area is 249 Å². The average molecular weight is 596 g/mol. The number of benzene rings is 2. The topological polar surface area (TPSA) is 177 Å². The van der Waals surface area contributed by atoms with Crippen LogP contribution in [0.4, 0.5) is 5.95 Å². The van der Waals surface area contributed by atoms with Crippen molar-refractivity contribution in [1.82, 2.24) is 19.4 Å². The van der Waals surface area contributed by atoms with Crippen LogP contribution in [0.2, 0.25) is 0 Å². The molecule has 0 atom stereocenters. The van der Waals surface area contributed by atoms with Crippen molar-refractivity contribution >= 4 is 40.9 Å². The van der Waals surface area contributed by atoms with Crippen LogP contribution in [-0.4, -0.2) is 117 Å². The minimum atomic E-state index is -1.26. The Balaban J connectivity index is 0.000000334. The van der Waals surface area contributed by atoms with Crippen LogP contribution in [0.15, 0.2) is 78.9 Å². The molecular formula is C30H37N5O8. The molecule has 0 radical (unpaired) electrons. The fourth-order valence-corrected chi connectivity index (χ4v) is 4.02. The summed E-state index contributed by atoms with van der Waals surface area (Å²) in [4.78, 5) is 50.5. The number of aliphatic carboxylic acids is 4. The van der Waals surface area contributed by atoms with Gasteiger partial charge >= 0.3 is 23.9 Å². The standard InChI is InChI=1S/C22H29N5.2C4H4O4/c1-24(2)12-13-25-14-16-26(17-15-25)22-23-20-10-6-7-11-21(20)27(22)18-19-8-4-3-5-9-19;2*5-3(6)1-2-4(7)8/h3-11H,12-18H2,1-2H3;2*1-2H,(H,5,6)(H,7,8)/b;2*2-1+. The van der Waals surface area contributed by atoms with Crippen LogP contribution < -0.4 is 4.90 Å². The number of fused-ring (bicyclic) bond motifs is 1. The third kappa shape index (κ3) is 13.0. The van der Waals surface area contributed by atoms with Crippen LogP contribution in [0.25, 0.3) is 11.0 Å². The van der Waals surface area contributed by atoms with E-state index < -0.39 is 23.9 Å². The number of para-hydroxylation sites is 2. The molecule has 2 aromatic carbocycles. The Hall–Kier alpha value is -5.01. The largest absolute Gasteiger partial charge is 0.478 e. The van der Waals surface area contributed by atoms with Crippen molar-refractivity contribution in [3.05, 3.63) is 84.5 Å². The molecule has 3 aromatic rings. The van der Waals surface area contributed by atoms with E-state index in [-0.39, 0.29) is 0 Å². The first-order valence-electron chi connectivity index (χ1n) is 13.3. The van der Waals surface area contributed by atoms with Crippen molar-refractivity contribution in [2.45, 2.75) is 6.54 Å². The zero-order valence-electron chi connectivity index (χ0n) is 24.1. The van der Waals surface area contributed by atoms with Gasteiger partial charge in [0.15, 0.2) is 0 Å². The SMILES string of the molecule is CN(C)CCN1CCN(c2nc3ccccc3n2Cc2ccccc2)CC1.O=C(O)/C=C/C(=O)O.O=C(O)/C=C/C(=O)O. The van der Waals surface area contributed by atoms with Crippen LogP contribution in [0.3, 0.4) is 0 Å². The molecule has 0 saturated carbocycles. The summed E-state index contributed by atoms with van der Waals surface area (Å²) in [5, 5.41) is 31.2. The molecule has 0 amide bonds. The van der Waals surface area contributed by atoms with E-state index in [1.165, 1.54) is 11.1 Å². The number of imidazole rings is 1. The highest BCUT2D eigenvalue weighted by molar-refractivity contribution is 5.90. The van der Waals surface area contributed by atoms with E-state index in [1.54, 1.807) is 0 Å². The zero-order chi connectivity index (χ0) is 31.8. The average Bonchev–Trinajstić information content (AvgIpc) is 3.33. The molecule has 13 heteroatoms. The molecule has 1 aliphatic rings. The number of anilines is 1. The molecule has 0 unspecified atom stereocenters. The summed E-state index contributed by atoms with van der Waals surface area (Å²) in [5.74, 6) is -3.92. The molecule has 1 fully saturated rings. The van der Waals surface area contributed by atoms with E-state index in [0.717, 1.165) is 57.3 Å². The number of nitrogens with zero attached hydrogens (tertiary/aromatic N) is 5. The van der Waals surface area contributed by atoms with Crippen molar-refractivity contribution in [3.63, 3.8) is 0 Å². The number of piperazine rings is 1. The molecule has 1 aliphatic heterocycles. The number of carboxylic acid groups (broad SMARTS) is 4. The van der Waals surface area contributed by atoms with Gasteiger partial charge in [-0.15, -0.1) is 0 Å². The Morgan fingerprint density at radius 1 is 0.744 bits per heavy atom. The first-order valence-corrected chi connectivity index (χ1v) is 13.3. The smallest absolute Gasteiger partial charge is 0.328 e. The molecule has 1 aromatic heterocycles. The molecule has 0 bridgehead atoms. The second kappa shape index (κ2) is 17.7. The summed E-state index contributed by atoms with van der Waals surface area (Å²) < 4.78 is 2.38. The van der Waals surface area contributed by atoms with Crippen molar-refractivity contribution in [2.75, 3.05) is 58.3 Å². The van der Waals surface area contributed by atoms with Gasteiger partial charge in [0.25, 0.3) is 0 Å². The normalized spacial score (nSPS) is 13.4. The third-order valence-corrected chi connectivity index (χ3v) is 6.07. The summed E-state index contributed by atoms with van der Waals surface area (Å²) in [7, 11) is 4.28. The lowest BCUT2D eigenvalue weighted by molar-refractivity contribution is -0.134. The second-order valence-electron chi connectivity index (χ2n) is 9.62. The first kappa shape index (κ1) is 34.2. The highest BCUT2D eigenvalue weighted by atomic mass is 16.4. The van der Waals surface area contributed by atoms with Gasteiger partial charge < -0.3 is 34.8 Å². The van der Waals surface area contributed by atoms with Crippen LogP contribution in [0.1, 0.15) is 5.56 Å². The fraction of sp³-hybridized carbons (Fsp3) is 0.300. The number of likely N-dealkylation sites (N-methyl/N-ethyl adjacent to an activating group) is 1. The fourth-order valence-electron chi connectivity index (χ4n) is 4.02. The predicted octanol–water partition coefficient (Wildman–Crippen LogP) is 2.19. The minimum absolute atomic E-state index is 0.558. The summed E-state index contributed by atoms with van der Waals surface area (Å²) in [6.45, 7) is 7.38. The molecule has 13 nitrogen and oxygen atoms in total. The van der Waals surface area contributed by atoms with Crippen LogP contribution >= 0.6 is 0 Å². The summed E-state index contributed by atoms with van der Waals surface area (Å²) in [5.41, 5.74) is 3.61. The molecule has 43 heavy (non-hydrogen) atoms. The number of carbonyl (C=O) groups is 4. The minimum Gasteiger partial charge on any atom is -0.478 e. The van der Waals surface area contributed by atoms with Crippen LogP contribution in [-0.2, 0) is 25.7 Å². The van der Waals surface area contributed by atoms with Crippen LogP contribution in [0, 0.1) is 0 Å². The quantitative estimate of drug-likeness (QED) is 0.252. The molecule has 2 heterocycles. The van der Waals surface area contributed by atoms with Crippen molar-refractivity contribution in [3.8, 4) is 0 Å². The van der Waals surface area contributed by atoms with E-state index in [0.29, 0.717) is 24.3 Å². The Morgan fingerprint density at radius 2 is 1.23 bits per heavy atom. The maximum Gasteiger partial charge on any atom is 0.328 e. The molecule has 0 spiro atoms. The lowest BCUT2D eigenvalue weighted by Crippen LogP contribution is -2.48. The zero-order valence-corrected chi connectivity index (χ0v) is 24.1. The van der Waals surface area contributed by atoms with Gasteiger partial charge in [0.2, 0.25) is 5.95 Å². The predicted molar refractivity (Wildman–Crippen MR) is 161 cm³/mol. The molecular weight excluding hydrogens is 558 g/mol. The van der Waals surface area contributed by atoms with Crippen molar-refractivity contribution in [1.29, 1.82) is 0 Å². The van der Waals surface area contributed by atoms with E-state index in [2.05, 4.69) is 88.0 Å². The molecule has 0 aliphatic carbocycles. The van der Waals surface area contributed by atoms with Gasteiger partial charge in [0.05, 0.1) is 17.6 Å². The second-order valence-corrected chi connectivity index (χ2v) is 9.62. The van der Waals surface area contributed by atoms with Gasteiger partial charge in [0.1, 0.15) is 0 Å². The van der Waals surface area contributed by atoms with Gasteiger partial charge in [0, 0.05) is 63.6 Å². The van der Waals surface area contributed by atoms with Gasteiger partial charge in [-0.25, -0.2) is 24.2 Å². The van der Waals surface area contributed by atoms with Crippen molar-refractivity contribution in [2.24, 2.45) is 0 Å². The third-order valence-electron chi connectivity index (χ3n) is 6.07. The Morgan fingerprint density at radius 3 is 1.72 bits per heavy atom. The maximum absolute atomic E-state index is 9.55. The molecule has 1 saturated heterocycles. The van der Waals surface area contributed by atoms with Crippen molar-refractivity contribution < 1.29 is 39.6 Å². The molecule has 4 rings (SSSR count). The summed E-state index contributed by atoms with van der Waals surface area (Å²) in [6, 6.07) is 19.2. The van der Waals surface area contributed by atoms with Crippen LogP contribution in [0.5, 0.6) is 0 Å². The van der Waals surface area contributed by atoms with Gasteiger partial charge in [-0.1, -0.05) is 42.5 Å². The lowest BCUT2D eigenvalue weighted by atomic mass is 10.2. The number of hydrogen-bond acceptors (Lipinski definition) is 8. The number of hydrogen-bond donors (Lipinski definition) is 4. The molecule has 230 valence electrons. The molecule has 4 N–H and O–H groups in total. The number of carboxylic acids is 4. The highest BCUT2D eigenvalue weighted by Crippen LogP contribution is 2.25. The summed E-state index contributed by atoms with van der Waals surface area (Å²) in [6.07, 6.45) is 2.23. The van der Waals surface area contributed by atoms with E-state index in [1.807, 2.05) is 0 Å². The van der Waals surface area contributed by atoms with E-state index in [9.17, 15) is 19.2 Å². The summed E-state index contributed by atoms with van der Waals surface area (Å²) >= 11 is 0. The lowest BCUT2D eigenvalue weighted by Gasteiger charge is -2.36. The highest BCUT2D eigenvalue weighted by Gasteiger charge is 2.22. The monoisotopic (exact) mass is 595 g/mol. The number of aromatic nitrogens is 2. The maximum atomic E-state index is 9.55. The van der Waals surface area contributed by atoms with Gasteiger partial charge in [-0.3, -0.25) is 4.90 Å². The van der Waals surface area contributed by atoms with E-state index in [4.69, 9.17) is 25.4 Å². The Bertz CT molecular complexity index is 1340. The number of rotatable bonds is 10. The van der Waals surface area contributed by atoms with Gasteiger partial charge in [-0.2, -0.15) is 0 Å². The Kier molecular flexibility index (Phi) is 14.1. The van der Waals surface area contributed by atoms with E-state index >= 15 is 0 Å². The first-order chi connectivity index (χ1) is 20.5. The van der Waals surface area contributed by atoms with Gasteiger partial charge in [-0.05, 0) is 31.8 Å².